The van der Waals surface area contributed by atoms with Crippen LogP contribution in [-0.4, -0.2) is 37.2 Å². The van der Waals surface area contributed by atoms with Crippen LogP contribution in [0.3, 0.4) is 0 Å². The van der Waals surface area contributed by atoms with Gasteiger partial charge in [0.2, 0.25) is 5.91 Å². The molecule has 0 saturated carbocycles. The molecule has 0 aliphatic rings. The Morgan fingerprint density at radius 3 is 1.86 bits per heavy atom. The van der Waals surface area contributed by atoms with Gasteiger partial charge in [-0.1, -0.05) is 13.8 Å². The van der Waals surface area contributed by atoms with E-state index in [2.05, 4.69) is 10.3 Å². The van der Waals surface area contributed by atoms with Crippen LogP contribution in [0.15, 0.2) is 4.99 Å². The highest BCUT2D eigenvalue weighted by atomic mass is 16.6. The van der Waals surface area contributed by atoms with Gasteiger partial charge in [0.15, 0.2) is 5.96 Å². The SMILES string of the molecule is CC.CNC(=O)OC(C)(C)C.NC(=O)CCCCN=C(N)N. The van der Waals surface area contributed by atoms with E-state index in [4.69, 9.17) is 21.9 Å². The molecule has 22 heavy (non-hydrogen) atoms. The van der Waals surface area contributed by atoms with E-state index < -0.39 is 0 Å². The molecule has 0 aromatic heterocycles. The lowest BCUT2D eigenvalue weighted by Crippen LogP contribution is -2.30. The number of hydrogen-bond acceptors (Lipinski definition) is 4. The zero-order chi connectivity index (χ0) is 18.2. The van der Waals surface area contributed by atoms with Crippen LogP contribution < -0.4 is 22.5 Å². The minimum absolute atomic E-state index is 0.0871. The van der Waals surface area contributed by atoms with Gasteiger partial charge in [-0.15, -0.1) is 0 Å². The molecular formula is C14H33N5O3. The zero-order valence-electron chi connectivity index (χ0n) is 14.7. The summed E-state index contributed by atoms with van der Waals surface area (Å²) in [7, 11) is 1.54. The molecule has 132 valence electrons. The summed E-state index contributed by atoms with van der Waals surface area (Å²) in [5, 5.41) is 2.36. The van der Waals surface area contributed by atoms with Crippen LogP contribution in [0.25, 0.3) is 0 Å². The fraction of sp³-hybridized carbons (Fsp3) is 0.786. The Labute approximate surface area is 133 Å². The van der Waals surface area contributed by atoms with E-state index in [0.717, 1.165) is 12.8 Å². The third-order valence-corrected chi connectivity index (χ3v) is 1.73. The smallest absolute Gasteiger partial charge is 0.407 e. The molecule has 8 nitrogen and oxygen atoms in total. The van der Waals surface area contributed by atoms with Crippen molar-refractivity contribution in [1.29, 1.82) is 0 Å². The van der Waals surface area contributed by atoms with Gasteiger partial charge in [0.05, 0.1) is 0 Å². The van der Waals surface area contributed by atoms with Crippen LogP contribution in [-0.2, 0) is 9.53 Å². The molecule has 0 radical (unpaired) electrons. The summed E-state index contributed by atoms with van der Waals surface area (Å²) in [5.74, 6) is -0.196. The second-order valence-electron chi connectivity index (χ2n) is 4.98. The standard InChI is InChI=1S/C6H14N4O.C6H13NO2.C2H6/c7-5(11)3-1-2-4-10-6(8)9;1-6(2,3)9-5(8)7-4;1-2/h1-4H2,(H2,7,11)(H4,8,9,10);1-4H3,(H,7,8);1-2H3. The molecule has 2 amide bonds. The summed E-state index contributed by atoms with van der Waals surface area (Å²) >= 11 is 0. The highest BCUT2D eigenvalue weighted by Gasteiger charge is 2.13. The number of amides is 2. The predicted molar refractivity (Wildman–Crippen MR) is 90.4 cm³/mol. The van der Waals surface area contributed by atoms with Gasteiger partial charge in [0.25, 0.3) is 0 Å². The summed E-state index contributed by atoms with van der Waals surface area (Å²) in [6.45, 7) is 10.0. The van der Waals surface area contributed by atoms with E-state index in [1.165, 1.54) is 7.05 Å². The van der Waals surface area contributed by atoms with Gasteiger partial charge in [0.1, 0.15) is 5.60 Å². The van der Waals surface area contributed by atoms with Crippen molar-refractivity contribution in [3.63, 3.8) is 0 Å². The third-order valence-electron chi connectivity index (χ3n) is 1.73. The maximum Gasteiger partial charge on any atom is 0.407 e. The second-order valence-corrected chi connectivity index (χ2v) is 4.98. The molecule has 0 aliphatic carbocycles. The number of aliphatic imine (C=N–C) groups is 1. The average Bonchev–Trinajstić information content (AvgIpc) is 2.38. The highest BCUT2D eigenvalue weighted by Crippen LogP contribution is 2.05. The second kappa shape index (κ2) is 15.4. The summed E-state index contributed by atoms with van der Waals surface area (Å²) < 4.78 is 4.84. The zero-order valence-corrected chi connectivity index (χ0v) is 14.7. The molecule has 0 heterocycles. The first-order valence-electron chi connectivity index (χ1n) is 7.33. The van der Waals surface area contributed by atoms with Gasteiger partial charge in [-0.3, -0.25) is 9.79 Å². The van der Waals surface area contributed by atoms with Crippen molar-refractivity contribution in [3.05, 3.63) is 0 Å². The molecule has 0 fully saturated rings. The van der Waals surface area contributed by atoms with Crippen molar-refractivity contribution in [3.8, 4) is 0 Å². The molecule has 0 bridgehead atoms. The monoisotopic (exact) mass is 319 g/mol. The van der Waals surface area contributed by atoms with Crippen LogP contribution in [0.5, 0.6) is 0 Å². The van der Waals surface area contributed by atoms with Crippen molar-refractivity contribution in [1.82, 2.24) is 5.32 Å². The number of ether oxygens (including phenoxy) is 1. The first-order chi connectivity index (χ1) is 10.1. The lowest BCUT2D eigenvalue weighted by atomic mass is 10.2. The number of rotatable bonds is 5. The Balaban J connectivity index is -0.000000299. The number of guanidine groups is 1. The molecule has 0 aliphatic heterocycles. The van der Waals surface area contributed by atoms with Crippen molar-refractivity contribution < 1.29 is 14.3 Å². The molecule has 0 saturated heterocycles. The van der Waals surface area contributed by atoms with Gasteiger partial charge in [0, 0.05) is 20.0 Å². The first kappa shape index (κ1) is 25.0. The average molecular weight is 319 g/mol. The molecule has 0 unspecified atom stereocenters. The van der Waals surface area contributed by atoms with Crippen LogP contribution >= 0.6 is 0 Å². The largest absolute Gasteiger partial charge is 0.444 e. The van der Waals surface area contributed by atoms with Crippen LogP contribution in [0.4, 0.5) is 4.79 Å². The summed E-state index contributed by atoms with van der Waals surface area (Å²) in [6.07, 6.45) is 1.55. The normalized spacial score (nSPS) is 9.18. The molecule has 0 rings (SSSR count). The molecule has 0 aromatic carbocycles. The van der Waals surface area contributed by atoms with Crippen LogP contribution in [0.1, 0.15) is 53.9 Å². The van der Waals surface area contributed by atoms with E-state index in [9.17, 15) is 9.59 Å². The predicted octanol–water partition coefficient (Wildman–Crippen LogP) is 1.08. The number of unbranched alkanes of at least 4 members (excludes halogenated alkanes) is 1. The Morgan fingerprint density at radius 2 is 1.59 bits per heavy atom. The van der Waals surface area contributed by atoms with Gasteiger partial charge in [-0.2, -0.15) is 0 Å². The lowest BCUT2D eigenvalue weighted by molar-refractivity contribution is -0.118. The van der Waals surface area contributed by atoms with E-state index in [1.807, 2.05) is 34.6 Å². The fourth-order valence-electron chi connectivity index (χ4n) is 0.948. The Hall–Kier alpha value is -1.99. The maximum absolute atomic E-state index is 10.5. The van der Waals surface area contributed by atoms with E-state index in [1.54, 1.807) is 0 Å². The molecular weight excluding hydrogens is 286 g/mol. The van der Waals surface area contributed by atoms with E-state index >= 15 is 0 Å². The first-order valence-corrected chi connectivity index (χ1v) is 7.33. The summed E-state index contributed by atoms with van der Waals surface area (Å²) in [6, 6.07) is 0. The van der Waals surface area contributed by atoms with E-state index in [0.29, 0.717) is 13.0 Å². The Morgan fingerprint density at radius 1 is 1.09 bits per heavy atom. The molecule has 7 N–H and O–H groups in total. The Kier molecular flexibility index (Phi) is 17.5. The van der Waals surface area contributed by atoms with Gasteiger partial charge >= 0.3 is 6.09 Å². The number of hydrogen-bond donors (Lipinski definition) is 4. The van der Waals surface area contributed by atoms with Crippen molar-refractivity contribution >= 4 is 18.0 Å². The topological polar surface area (TPSA) is 146 Å². The number of primary amides is 1. The number of nitrogens with two attached hydrogens (primary N) is 3. The maximum atomic E-state index is 10.5. The summed E-state index contributed by atoms with van der Waals surface area (Å²) in [5.41, 5.74) is 14.7. The molecule has 0 spiro atoms. The minimum atomic E-state index is -0.389. The van der Waals surface area contributed by atoms with E-state index in [-0.39, 0.29) is 23.6 Å². The van der Waals surface area contributed by atoms with Crippen molar-refractivity contribution in [2.24, 2.45) is 22.2 Å². The molecule has 8 heteroatoms. The van der Waals surface area contributed by atoms with Crippen molar-refractivity contribution in [2.75, 3.05) is 13.6 Å². The van der Waals surface area contributed by atoms with Gasteiger partial charge in [-0.25, -0.2) is 4.79 Å². The van der Waals surface area contributed by atoms with Crippen molar-refractivity contribution in [2.45, 2.75) is 59.5 Å². The Bertz CT molecular complexity index is 321. The molecule has 0 atom stereocenters. The van der Waals surface area contributed by atoms with Crippen LogP contribution in [0, 0.1) is 0 Å². The van der Waals surface area contributed by atoms with Gasteiger partial charge < -0.3 is 27.3 Å². The highest BCUT2D eigenvalue weighted by molar-refractivity contribution is 5.75. The van der Waals surface area contributed by atoms with Gasteiger partial charge in [-0.05, 0) is 33.6 Å². The minimum Gasteiger partial charge on any atom is -0.444 e. The number of nitrogens with one attached hydrogen (secondary N) is 1. The van der Waals surface area contributed by atoms with Crippen LogP contribution in [0.2, 0.25) is 0 Å². The number of nitrogens with zero attached hydrogens (tertiary/aromatic N) is 1. The summed E-state index contributed by atoms with van der Waals surface area (Å²) in [4.78, 5) is 24.5. The number of carbonyl (C=O) groups excluding carboxylic acids is 2. The fourth-order valence-corrected chi connectivity index (χ4v) is 0.948. The quantitative estimate of drug-likeness (QED) is 0.340. The number of alkyl carbamates (subject to hydrolysis) is 1. The third kappa shape index (κ3) is 30.8. The lowest BCUT2D eigenvalue weighted by Gasteiger charge is -2.18. The number of carbonyl (C=O) groups is 2. The molecule has 0 aromatic rings.